The average Bonchev–Trinajstić information content (AvgIpc) is 2.93. The summed E-state index contributed by atoms with van der Waals surface area (Å²) < 4.78 is 0. The van der Waals surface area contributed by atoms with Crippen LogP contribution in [0.25, 0.3) is 10.9 Å². The lowest BCUT2D eigenvalue weighted by Crippen LogP contribution is -2.12. The van der Waals surface area contributed by atoms with Crippen molar-refractivity contribution in [3.05, 3.63) is 54.2 Å². The molecule has 3 rings (SSSR count). The molecule has 0 unspecified atom stereocenters. The number of nitrogens with zero attached hydrogens (tertiary/aromatic N) is 1. The number of aromatic amines is 1. The van der Waals surface area contributed by atoms with E-state index >= 15 is 0 Å². The highest BCUT2D eigenvalue weighted by molar-refractivity contribution is 5.93. The lowest BCUT2D eigenvalue weighted by Gasteiger charge is -2.06. The summed E-state index contributed by atoms with van der Waals surface area (Å²) >= 11 is 0. The number of nitrogens with two attached hydrogens (primary N) is 1. The number of rotatable bonds is 4. The second kappa shape index (κ2) is 5.66. The van der Waals surface area contributed by atoms with E-state index in [1.807, 2.05) is 42.5 Å². The Morgan fingerprint density at radius 3 is 3.00 bits per heavy atom. The quantitative estimate of drug-likeness (QED) is 0.642. The Bertz CT molecular complexity index is 779. The molecule has 0 aliphatic carbocycles. The number of H-pyrrole nitrogens is 1. The second-order valence-corrected chi connectivity index (χ2v) is 4.97. The molecule has 1 amide bonds. The molecule has 5 nitrogen and oxygen atoms in total. The molecule has 0 fully saturated rings. The molecule has 0 aliphatic rings. The standard InChI is InChI=1S/C16H16N4O/c17-13-3-1-2-11(8-13)4-7-16(21)19-14-5-6-15-12(9-14)10-18-20-15/h1-3,5-6,8-10H,4,7,17H2,(H,18,20)(H,19,21). The van der Waals surface area contributed by atoms with Gasteiger partial charge >= 0.3 is 0 Å². The molecule has 4 N–H and O–H groups in total. The zero-order chi connectivity index (χ0) is 14.7. The van der Waals surface area contributed by atoms with Crippen molar-refractivity contribution in [1.29, 1.82) is 0 Å². The minimum absolute atomic E-state index is 0.0136. The molecule has 21 heavy (non-hydrogen) atoms. The van der Waals surface area contributed by atoms with Gasteiger partial charge in [-0.05, 0) is 42.3 Å². The molecule has 0 bridgehead atoms. The van der Waals surface area contributed by atoms with Gasteiger partial charge < -0.3 is 11.1 Å². The van der Waals surface area contributed by atoms with Gasteiger partial charge in [-0.25, -0.2) is 0 Å². The lowest BCUT2D eigenvalue weighted by molar-refractivity contribution is -0.116. The number of hydrogen-bond acceptors (Lipinski definition) is 3. The zero-order valence-electron chi connectivity index (χ0n) is 11.5. The number of hydrogen-bond donors (Lipinski definition) is 3. The van der Waals surface area contributed by atoms with E-state index in [9.17, 15) is 4.79 Å². The first-order valence-electron chi connectivity index (χ1n) is 6.78. The molecule has 0 radical (unpaired) electrons. The highest BCUT2D eigenvalue weighted by atomic mass is 16.1. The smallest absolute Gasteiger partial charge is 0.224 e. The number of anilines is 2. The monoisotopic (exact) mass is 280 g/mol. The second-order valence-electron chi connectivity index (χ2n) is 4.97. The summed E-state index contributed by atoms with van der Waals surface area (Å²) in [6.45, 7) is 0. The van der Waals surface area contributed by atoms with Gasteiger partial charge in [0.25, 0.3) is 0 Å². The molecule has 2 aromatic carbocycles. The first kappa shape index (κ1) is 13.2. The average molecular weight is 280 g/mol. The van der Waals surface area contributed by atoms with Crippen LogP contribution in [-0.2, 0) is 11.2 Å². The Hall–Kier alpha value is -2.82. The Morgan fingerprint density at radius 2 is 2.14 bits per heavy atom. The number of aromatic nitrogens is 2. The third kappa shape index (κ3) is 3.20. The van der Waals surface area contributed by atoms with Gasteiger partial charge in [0.05, 0.1) is 11.7 Å². The largest absolute Gasteiger partial charge is 0.399 e. The van der Waals surface area contributed by atoms with Crippen molar-refractivity contribution in [3.8, 4) is 0 Å². The highest BCUT2D eigenvalue weighted by Gasteiger charge is 2.05. The summed E-state index contributed by atoms with van der Waals surface area (Å²) in [5.41, 5.74) is 9.24. The number of amides is 1. The predicted octanol–water partition coefficient (Wildman–Crippen LogP) is 2.72. The van der Waals surface area contributed by atoms with Crippen molar-refractivity contribution in [2.45, 2.75) is 12.8 Å². The van der Waals surface area contributed by atoms with Gasteiger partial charge in [0, 0.05) is 23.2 Å². The van der Waals surface area contributed by atoms with Crippen LogP contribution in [-0.4, -0.2) is 16.1 Å². The van der Waals surface area contributed by atoms with Crippen LogP contribution in [0.3, 0.4) is 0 Å². The third-order valence-electron chi connectivity index (χ3n) is 3.32. The van der Waals surface area contributed by atoms with Crippen LogP contribution in [0.15, 0.2) is 48.7 Å². The van der Waals surface area contributed by atoms with E-state index in [2.05, 4.69) is 15.5 Å². The predicted molar refractivity (Wildman–Crippen MR) is 83.9 cm³/mol. The fourth-order valence-corrected chi connectivity index (χ4v) is 2.25. The number of nitrogen functional groups attached to an aromatic ring is 1. The number of carbonyl (C=O) groups excluding carboxylic acids is 1. The molecule has 0 aliphatic heterocycles. The minimum atomic E-state index is -0.0136. The van der Waals surface area contributed by atoms with Gasteiger partial charge in [-0.15, -0.1) is 0 Å². The Morgan fingerprint density at radius 1 is 1.24 bits per heavy atom. The van der Waals surface area contributed by atoms with E-state index in [1.54, 1.807) is 6.20 Å². The van der Waals surface area contributed by atoms with Crippen LogP contribution >= 0.6 is 0 Å². The maximum Gasteiger partial charge on any atom is 0.224 e. The fraction of sp³-hybridized carbons (Fsp3) is 0.125. The Labute approximate surface area is 122 Å². The summed E-state index contributed by atoms with van der Waals surface area (Å²) in [4.78, 5) is 12.0. The van der Waals surface area contributed by atoms with Crippen molar-refractivity contribution in [2.24, 2.45) is 0 Å². The summed E-state index contributed by atoms with van der Waals surface area (Å²) in [7, 11) is 0. The minimum Gasteiger partial charge on any atom is -0.399 e. The van der Waals surface area contributed by atoms with Crippen LogP contribution in [0.2, 0.25) is 0 Å². The lowest BCUT2D eigenvalue weighted by atomic mass is 10.1. The normalized spacial score (nSPS) is 10.7. The summed E-state index contributed by atoms with van der Waals surface area (Å²) in [6, 6.07) is 13.3. The number of nitrogens with one attached hydrogen (secondary N) is 2. The van der Waals surface area contributed by atoms with Gasteiger partial charge in [-0.2, -0.15) is 5.10 Å². The van der Waals surface area contributed by atoms with E-state index in [1.165, 1.54) is 0 Å². The molecule has 0 spiro atoms. The number of aryl methyl sites for hydroxylation is 1. The zero-order valence-corrected chi connectivity index (χ0v) is 11.5. The first-order chi connectivity index (χ1) is 10.2. The fourth-order valence-electron chi connectivity index (χ4n) is 2.25. The molecular weight excluding hydrogens is 264 g/mol. The van der Waals surface area contributed by atoms with Crippen molar-refractivity contribution >= 4 is 28.2 Å². The molecule has 0 saturated carbocycles. The number of carbonyl (C=O) groups is 1. The van der Waals surface area contributed by atoms with Gasteiger partial charge in [-0.3, -0.25) is 9.89 Å². The molecule has 3 aromatic rings. The third-order valence-corrected chi connectivity index (χ3v) is 3.32. The Kier molecular flexibility index (Phi) is 3.55. The Balaban J connectivity index is 1.60. The number of benzene rings is 2. The molecule has 5 heteroatoms. The van der Waals surface area contributed by atoms with Crippen LogP contribution in [0.5, 0.6) is 0 Å². The summed E-state index contributed by atoms with van der Waals surface area (Å²) in [5.74, 6) is -0.0136. The van der Waals surface area contributed by atoms with Crippen molar-refractivity contribution in [2.75, 3.05) is 11.1 Å². The molecular formula is C16H16N4O. The molecule has 1 heterocycles. The SMILES string of the molecule is Nc1cccc(CCC(=O)Nc2ccc3[nH]ncc3c2)c1. The van der Waals surface area contributed by atoms with Crippen LogP contribution < -0.4 is 11.1 Å². The molecule has 0 atom stereocenters. The van der Waals surface area contributed by atoms with Gasteiger partial charge in [-0.1, -0.05) is 12.1 Å². The van der Waals surface area contributed by atoms with Gasteiger partial charge in [0.15, 0.2) is 0 Å². The topological polar surface area (TPSA) is 83.8 Å². The van der Waals surface area contributed by atoms with E-state index in [0.29, 0.717) is 12.8 Å². The van der Waals surface area contributed by atoms with Gasteiger partial charge in [0.1, 0.15) is 0 Å². The van der Waals surface area contributed by atoms with Gasteiger partial charge in [0.2, 0.25) is 5.91 Å². The van der Waals surface area contributed by atoms with Crippen LogP contribution in [0, 0.1) is 0 Å². The maximum atomic E-state index is 12.0. The molecule has 106 valence electrons. The maximum absolute atomic E-state index is 12.0. The molecule has 1 aromatic heterocycles. The van der Waals surface area contributed by atoms with E-state index in [0.717, 1.165) is 27.8 Å². The summed E-state index contributed by atoms with van der Waals surface area (Å²) in [6.07, 6.45) is 2.83. The van der Waals surface area contributed by atoms with E-state index in [4.69, 9.17) is 5.73 Å². The first-order valence-corrected chi connectivity index (χ1v) is 6.78. The molecule has 0 saturated heterocycles. The van der Waals surface area contributed by atoms with Crippen LogP contribution in [0.1, 0.15) is 12.0 Å². The highest BCUT2D eigenvalue weighted by Crippen LogP contribution is 2.17. The van der Waals surface area contributed by atoms with E-state index in [-0.39, 0.29) is 5.91 Å². The van der Waals surface area contributed by atoms with E-state index < -0.39 is 0 Å². The summed E-state index contributed by atoms with van der Waals surface area (Å²) in [5, 5.41) is 10.7. The van der Waals surface area contributed by atoms with Crippen LogP contribution in [0.4, 0.5) is 11.4 Å². The van der Waals surface area contributed by atoms with Crippen molar-refractivity contribution < 1.29 is 4.79 Å². The number of fused-ring (bicyclic) bond motifs is 1. The van der Waals surface area contributed by atoms with Crippen molar-refractivity contribution in [3.63, 3.8) is 0 Å². The van der Waals surface area contributed by atoms with Crippen molar-refractivity contribution in [1.82, 2.24) is 10.2 Å².